The minimum Gasteiger partial charge on any atom is -0.481 e. The maximum Gasteiger partial charge on any atom is 0.305 e. The van der Waals surface area contributed by atoms with Gasteiger partial charge in [-0.05, 0) is 47.1 Å². The average Bonchev–Trinajstić information content (AvgIpc) is 2.34. The second-order valence-electron chi connectivity index (χ2n) is 6.26. The zero-order chi connectivity index (χ0) is 16.4. The zero-order valence-corrected chi connectivity index (χ0v) is 13.8. The van der Waals surface area contributed by atoms with Crippen LogP contribution in [0.4, 0.5) is 0 Å². The summed E-state index contributed by atoms with van der Waals surface area (Å²) in [7, 11) is 0. The van der Waals surface area contributed by atoms with E-state index in [2.05, 4.69) is 0 Å². The van der Waals surface area contributed by atoms with Gasteiger partial charge in [-0.3, -0.25) is 4.79 Å². The molecule has 0 saturated heterocycles. The van der Waals surface area contributed by atoms with Gasteiger partial charge in [-0.2, -0.15) is 0 Å². The van der Waals surface area contributed by atoms with Gasteiger partial charge in [0, 0.05) is 6.61 Å². The number of ether oxygens (including phenoxy) is 3. The first-order chi connectivity index (χ1) is 9.68. The van der Waals surface area contributed by atoms with Crippen molar-refractivity contribution >= 4 is 5.97 Å². The van der Waals surface area contributed by atoms with Crippen LogP contribution in [0.5, 0.6) is 0 Å². The molecular formula is C15H31NO5. The van der Waals surface area contributed by atoms with Crippen LogP contribution < -0.4 is 5.73 Å². The lowest BCUT2D eigenvalue weighted by Crippen LogP contribution is -2.32. The summed E-state index contributed by atoms with van der Waals surface area (Å²) in [6.45, 7) is 10.4. The predicted octanol–water partition coefficient (Wildman–Crippen LogP) is 1.81. The lowest BCUT2D eigenvalue weighted by Gasteiger charge is -2.28. The van der Waals surface area contributed by atoms with Gasteiger partial charge in [-0.15, -0.1) is 0 Å². The number of hydrogen-bond donors (Lipinski definition) is 2. The molecule has 3 N–H and O–H groups in total. The number of rotatable bonds is 13. The first kappa shape index (κ1) is 20.3. The molecule has 0 aliphatic carbocycles. The molecule has 0 unspecified atom stereocenters. The SMILES string of the molecule is CC(C)(CCN)OCCOC(C)(C)CCOCCC(=O)O. The number of carboxylic acid groups (broad SMARTS) is 1. The van der Waals surface area contributed by atoms with Crippen LogP contribution in [0.3, 0.4) is 0 Å². The normalized spacial score (nSPS) is 12.6. The summed E-state index contributed by atoms with van der Waals surface area (Å²) < 4.78 is 16.8. The monoisotopic (exact) mass is 305 g/mol. The van der Waals surface area contributed by atoms with Crippen molar-refractivity contribution in [1.29, 1.82) is 0 Å². The summed E-state index contributed by atoms with van der Waals surface area (Å²) in [5, 5.41) is 8.49. The fourth-order valence-corrected chi connectivity index (χ4v) is 1.71. The van der Waals surface area contributed by atoms with Crippen molar-refractivity contribution in [3.63, 3.8) is 0 Å². The molecule has 0 rings (SSSR count). The molecule has 0 atom stereocenters. The van der Waals surface area contributed by atoms with Crippen LogP contribution in [0, 0.1) is 0 Å². The predicted molar refractivity (Wildman–Crippen MR) is 81.4 cm³/mol. The molecule has 0 aromatic heterocycles. The largest absolute Gasteiger partial charge is 0.481 e. The Balaban J connectivity index is 3.70. The van der Waals surface area contributed by atoms with Crippen LogP contribution >= 0.6 is 0 Å². The maximum absolute atomic E-state index is 10.3. The molecule has 0 bridgehead atoms. The first-order valence-electron chi connectivity index (χ1n) is 7.46. The molecular weight excluding hydrogens is 274 g/mol. The van der Waals surface area contributed by atoms with Crippen molar-refractivity contribution in [2.75, 3.05) is 33.0 Å². The lowest BCUT2D eigenvalue weighted by atomic mass is 10.1. The standard InChI is InChI=1S/C15H31NO5/c1-14(2,6-8-16)20-11-12-21-15(3,4)7-10-19-9-5-13(17)18/h5-12,16H2,1-4H3,(H,17,18). The minimum atomic E-state index is -0.845. The smallest absolute Gasteiger partial charge is 0.305 e. The minimum absolute atomic E-state index is 0.0331. The van der Waals surface area contributed by atoms with E-state index in [0.29, 0.717) is 32.8 Å². The molecule has 6 heteroatoms. The Morgan fingerprint density at radius 3 is 1.95 bits per heavy atom. The third-order valence-corrected chi connectivity index (χ3v) is 3.12. The third kappa shape index (κ3) is 12.7. The number of aliphatic carboxylic acids is 1. The van der Waals surface area contributed by atoms with E-state index in [1.54, 1.807) is 0 Å². The Morgan fingerprint density at radius 2 is 1.48 bits per heavy atom. The Labute approximate surface area is 127 Å². The van der Waals surface area contributed by atoms with E-state index in [-0.39, 0.29) is 24.2 Å². The van der Waals surface area contributed by atoms with Crippen molar-refractivity contribution < 1.29 is 24.1 Å². The second-order valence-corrected chi connectivity index (χ2v) is 6.26. The molecule has 0 heterocycles. The van der Waals surface area contributed by atoms with Crippen LogP contribution in [0.15, 0.2) is 0 Å². The van der Waals surface area contributed by atoms with E-state index in [9.17, 15) is 4.79 Å². The Morgan fingerprint density at radius 1 is 0.952 bits per heavy atom. The molecule has 21 heavy (non-hydrogen) atoms. The Hall–Kier alpha value is -0.690. The lowest BCUT2D eigenvalue weighted by molar-refractivity contribution is -0.138. The van der Waals surface area contributed by atoms with Gasteiger partial charge in [0.15, 0.2) is 0 Å². The number of nitrogens with two attached hydrogens (primary N) is 1. The summed E-state index contributed by atoms with van der Waals surface area (Å²) >= 11 is 0. The van der Waals surface area contributed by atoms with Crippen LogP contribution in [-0.2, 0) is 19.0 Å². The van der Waals surface area contributed by atoms with Crippen LogP contribution in [-0.4, -0.2) is 55.3 Å². The Bertz CT molecular complexity index is 292. The van der Waals surface area contributed by atoms with E-state index in [0.717, 1.165) is 6.42 Å². The molecule has 0 amide bonds. The number of carbonyl (C=O) groups is 1. The van der Waals surface area contributed by atoms with E-state index in [1.165, 1.54) is 0 Å². The van der Waals surface area contributed by atoms with Crippen molar-refractivity contribution in [2.45, 2.75) is 58.2 Å². The molecule has 0 aliphatic heterocycles. The fraction of sp³-hybridized carbons (Fsp3) is 0.933. The number of hydrogen-bond acceptors (Lipinski definition) is 5. The van der Waals surface area contributed by atoms with Gasteiger partial charge in [0.2, 0.25) is 0 Å². The van der Waals surface area contributed by atoms with Gasteiger partial charge in [-0.25, -0.2) is 0 Å². The summed E-state index contributed by atoms with van der Waals surface area (Å²) in [5.41, 5.74) is 4.99. The second kappa shape index (κ2) is 10.1. The summed E-state index contributed by atoms with van der Waals surface area (Å²) in [6, 6.07) is 0. The highest BCUT2D eigenvalue weighted by Gasteiger charge is 2.20. The third-order valence-electron chi connectivity index (χ3n) is 3.12. The van der Waals surface area contributed by atoms with E-state index in [4.69, 9.17) is 25.1 Å². The average molecular weight is 305 g/mol. The summed E-state index contributed by atoms with van der Waals surface area (Å²) in [4.78, 5) is 10.3. The van der Waals surface area contributed by atoms with Gasteiger partial charge >= 0.3 is 5.97 Å². The van der Waals surface area contributed by atoms with E-state index < -0.39 is 5.97 Å². The van der Waals surface area contributed by atoms with Gasteiger partial charge in [-0.1, -0.05) is 0 Å². The van der Waals surface area contributed by atoms with Crippen molar-refractivity contribution in [3.05, 3.63) is 0 Å². The highest BCUT2D eigenvalue weighted by molar-refractivity contribution is 5.66. The van der Waals surface area contributed by atoms with E-state index >= 15 is 0 Å². The summed E-state index contributed by atoms with van der Waals surface area (Å²) in [6.07, 6.45) is 1.55. The van der Waals surface area contributed by atoms with Gasteiger partial charge in [0.05, 0.1) is 37.4 Å². The molecule has 0 spiro atoms. The Kier molecular flexibility index (Phi) is 9.77. The zero-order valence-electron chi connectivity index (χ0n) is 13.8. The highest BCUT2D eigenvalue weighted by atomic mass is 16.5. The summed E-state index contributed by atoms with van der Waals surface area (Å²) in [5.74, 6) is -0.845. The maximum atomic E-state index is 10.3. The molecule has 0 radical (unpaired) electrons. The fourth-order valence-electron chi connectivity index (χ4n) is 1.71. The molecule has 126 valence electrons. The quantitative estimate of drug-likeness (QED) is 0.504. The van der Waals surface area contributed by atoms with Crippen molar-refractivity contribution in [1.82, 2.24) is 0 Å². The molecule has 0 fully saturated rings. The highest BCUT2D eigenvalue weighted by Crippen LogP contribution is 2.16. The molecule has 0 saturated carbocycles. The van der Waals surface area contributed by atoms with Crippen LogP contribution in [0.1, 0.15) is 47.0 Å². The van der Waals surface area contributed by atoms with E-state index in [1.807, 2.05) is 27.7 Å². The van der Waals surface area contributed by atoms with Crippen LogP contribution in [0.25, 0.3) is 0 Å². The van der Waals surface area contributed by atoms with Gasteiger partial charge in [0.25, 0.3) is 0 Å². The molecule has 6 nitrogen and oxygen atoms in total. The molecule has 0 aromatic carbocycles. The van der Waals surface area contributed by atoms with Crippen molar-refractivity contribution in [2.24, 2.45) is 5.73 Å². The topological polar surface area (TPSA) is 91.0 Å². The number of carboxylic acids is 1. The van der Waals surface area contributed by atoms with Crippen molar-refractivity contribution in [3.8, 4) is 0 Å². The first-order valence-corrected chi connectivity index (χ1v) is 7.46. The molecule has 0 aromatic rings. The van der Waals surface area contributed by atoms with Gasteiger partial charge < -0.3 is 25.1 Å². The van der Waals surface area contributed by atoms with Crippen LogP contribution in [0.2, 0.25) is 0 Å². The van der Waals surface area contributed by atoms with Gasteiger partial charge in [0.1, 0.15) is 0 Å². The molecule has 0 aliphatic rings.